The maximum atomic E-state index is 12.2. The summed E-state index contributed by atoms with van der Waals surface area (Å²) in [6.45, 7) is 0.203. The van der Waals surface area contributed by atoms with E-state index in [-0.39, 0.29) is 30.5 Å². The first-order valence-corrected chi connectivity index (χ1v) is 8.87. The summed E-state index contributed by atoms with van der Waals surface area (Å²) in [6.07, 6.45) is 0.106. The largest absolute Gasteiger partial charge is 0.506 e. The number of fused-ring (bicyclic) bond motifs is 1. The monoisotopic (exact) mass is 412 g/mol. The fourth-order valence-electron chi connectivity index (χ4n) is 2.55. The molecular formula is C20H17BrN2O3. The number of benzene rings is 3. The molecule has 3 aromatic carbocycles. The van der Waals surface area contributed by atoms with Crippen molar-refractivity contribution in [1.29, 1.82) is 0 Å². The number of aromatic hydroxyl groups is 1. The van der Waals surface area contributed by atoms with Crippen LogP contribution in [0.1, 0.15) is 16.8 Å². The van der Waals surface area contributed by atoms with Crippen molar-refractivity contribution >= 4 is 44.2 Å². The number of phenols is 1. The van der Waals surface area contributed by atoms with E-state index in [9.17, 15) is 14.7 Å². The molecule has 132 valence electrons. The van der Waals surface area contributed by atoms with E-state index in [0.29, 0.717) is 11.3 Å². The molecule has 0 heterocycles. The fourth-order valence-corrected chi connectivity index (χ4v) is 2.89. The molecule has 5 nitrogen and oxygen atoms in total. The van der Waals surface area contributed by atoms with Crippen LogP contribution in [0.5, 0.6) is 5.75 Å². The van der Waals surface area contributed by atoms with Crippen LogP contribution < -0.4 is 10.6 Å². The third-order valence-corrected chi connectivity index (χ3v) is 4.38. The van der Waals surface area contributed by atoms with Crippen LogP contribution >= 0.6 is 15.9 Å². The van der Waals surface area contributed by atoms with Crippen molar-refractivity contribution < 1.29 is 14.7 Å². The van der Waals surface area contributed by atoms with Gasteiger partial charge in [0.25, 0.3) is 5.91 Å². The number of amides is 2. The first kappa shape index (κ1) is 17.9. The molecule has 6 heteroatoms. The van der Waals surface area contributed by atoms with Gasteiger partial charge in [-0.1, -0.05) is 46.3 Å². The highest BCUT2D eigenvalue weighted by molar-refractivity contribution is 9.10. The summed E-state index contributed by atoms with van der Waals surface area (Å²) in [5.41, 5.74) is 0.883. The Labute approximate surface area is 159 Å². The van der Waals surface area contributed by atoms with E-state index in [1.165, 1.54) is 6.07 Å². The second kappa shape index (κ2) is 8.01. The summed E-state index contributed by atoms with van der Waals surface area (Å²) >= 11 is 3.24. The zero-order valence-electron chi connectivity index (χ0n) is 13.8. The number of halogens is 1. The van der Waals surface area contributed by atoms with Gasteiger partial charge in [0, 0.05) is 23.0 Å². The SMILES string of the molecule is O=C(CCNC(=O)c1ccc2ccccc2c1)Nc1ccc(Br)cc1O. The van der Waals surface area contributed by atoms with Crippen LogP contribution in [0.4, 0.5) is 5.69 Å². The van der Waals surface area contributed by atoms with Gasteiger partial charge in [-0.2, -0.15) is 0 Å². The number of carbonyl (C=O) groups is 2. The Morgan fingerprint density at radius 1 is 0.962 bits per heavy atom. The van der Waals surface area contributed by atoms with E-state index in [1.54, 1.807) is 18.2 Å². The molecule has 26 heavy (non-hydrogen) atoms. The zero-order chi connectivity index (χ0) is 18.5. The fraction of sp³-hybridized carbons (Fsp3) is 0.100. The second-order valence-electron chi connectivity index (χ2n) is 5.78. The summed E-state index contributed by atoms with van der Waals surface area (Å²) in [4.78, 5) is 24.2. The van der Waals surface area contributed by atoms with E-state index >= 15 is 0 Å². The van der Waals surface area contributed by atoms with Gasteiger partial charge in [0.05, 0.1) is 5.69 Å². The average molecular weight is 413 g/mol. The Morgan fingerprint density at radius 2 is 1.73 bits per heavy atom. The molecule has 0 aromatic heterocycles. The predicted molar refractivity (Wildman–Crippen MR) is 105 cm³/mol. The number of hydrogen-bond acceptors (Lipinski definition) is 3. The van der Waals surface area contributed by atoms with E-state index in [0.717, 1.165) is 15.2 Å². The van der Waals surface area contributed by atoms with Gasteiger partial charge in [-0.05, 0) is 41.1 Å². The van der Waals surface area contributed by atoms with Crippen LogP contribution in [-0.4, -0.2) is 23.5 Å². The number of nitrogens with one attached hydrogen (secondary N) is 2. The van der Waals surface area contributed by atoms with Crippen molar-refractivity contribution in [3.63, 3.8) is 0 Å². The van der Waals surface area contributed by atoms with Crippen molar-refractivity contribution in [2.24, 2.45) is 0 Å². The maximum absolute atomic E-state index is 12.2. The summed E-state index contributed by atoms with van der Waals surface area (Å²) in [5.74, 6) is -0.538. The highest BCUT2D eigenvalue weighted by atomic mass is 79.9. The molecule has 0 fully saturated rings. The van der Waals surface area contributed by atoms with Crippen molar-refractivity contribution in [2.45, 2.75) is 6.42 Å². The van der Waals surface area contributed by atoms with Crippen molar-refractivity contribution in [2.75, 3.05) is 11.9 Å². The second-order valence-corrected chi connectivity index (χ2v) is 6.69. The minimum atomic E-state index is -0.290. The number of rotatable bonds is 5. The number of anilines is 1. The van der Waals surface area contributed by atoms with Crippen LogP contribution in [0.15, 0.2) is 65.1 Å². The first-order chi connectivity index (χ1) is 12.5. The predicted octanol–water partition coefficient (Wildman–Crippen LogP) is 4.07. The Hall–Kier alpha value is -2.86. The molecule has 0 spiro atoms. The Morgan fingerprint density at radius 3 is 2.50 bits per heavy atom. The minimum Gasteiger partial charge on any atom is -0.506 e. The van der Waals surface area contributed by atoms with E-state index in [1.807, 2.05) is 36.4 Å². The lowest BCUT2D eigenvalue weighted by molar-refractivity contribution is -0.116. The van der Waals surface area contributed by atoms with Gasteiger partial charge in [0.1, 0.15) is 5.75 Å². The molecule has 0 unspecified atom stereocenters. The van der Waals surface area contributed by atoms with Gasteiger partial charge >= 0.3 is 0 Å². The Kier molecular flexibility index (Phi) is 5.53. The summed E-state index contributed by atoms with van der Waals surface area (Å²) in [5, 5.41) is 17.2. The molecule has 0 radical (unpaired) electrons. The number of carbonyl (C=O) groups excluding carboxylic acids is 2. The van der Waals surface area contributed by atoms with Gasteiger partial charge in [0.2, 0.25) is 5.91 Å². The third kappa shape index (κ3) is 4.40. The lowest BCUT2D eigenvalue weighted by Crippen LogP contribution is -2.27. The van der Waals surface area contributed by atoms with Gasteiger partial charge in [-0.25, -0.2) is 0 Å². The standard InChI is InChI=1S/C20H17BrN2O3/c21-16-7-8-17(18(24)12-16)23-19(25)9-10-22-20(26)15-6-5-13-3-1-2-4-14(13)11-15/h1-8,11-12,24H,9-10H2,(H,22,26)(H,23,25). The van der Waals surface area contributed by atoms with E-state index in [4.69, 9.17) is 0 Å². The van der Waals surface area contributed by atoms with Crippen molar-refractivity contribution in [3.05, 3.63) is 70.7 Å². The molecule has 3 rings (SSSR count). The average Bonchev–Trinajstić information content (AvgIpc) is 2.63. The molecule has 0 aliphatic rings. The molecule has 0 saturated carbocycles. The summed E-state index contributed by atoms with van der Waals surface area (Å²) in [7, 11) is 0. The normalized spacial score (nSPS) is 10.5. The lowest BCUT2D eigenvalue weighted by atomic mass is 10.1. The summed E-state index contributed by atoms with van der Waals surface area (Å²) in [6, 6.07) is 18.1. The minimum absolute atomic E-state index is 0.0204. The van der Waals surface area contributed by atoms with Gasteiger partial charge < -0.3 is 15.7 Å². The maximum Gasteiger partial charge on any atom is 0.251 e. The molecule has 0 bridgehead atoms. The van der Waals surface area contributed by atoms with Crippen molar-refractivity contribution in [3.8, 4) is 5.75 Å². The van der Waals surface area contributed by atoms with Crippen LogP contribution in [0, 0.1) is 0 Å². The van der Waals surface area contributed by atoms with E-state index in [2.05, 4.69) is 26.6 Å². The van der Waals surface area contributed by atoms with Crippen LogP contribution in [0.25, 0.3) is 10.8 Å². The molecular weight excluding hydrogens is 396 g/mol. The first-order valence-electron chi connectivity index (χ1n) is 8.08. The third-order valence-electron chi connectivity index (χ3n) is 3.88. The van der Waals surface area contributed by atoms with Crippen molar-refractivity contribution in [1.82, 2.24) is 5.32 Å². The van der Waals surface area contributed by atoms with Gasteiger partial charge in [-0.3, -0.25) is 9.59 Å². The molecule has 3 aromatic rings. The Bertz CT molecular complexity index is 972. The lowest BCUT2D eigenvalue weighted by Gasteiger charge is -2.09. The van der Waals surface area contributed by atoms with Gasteiger partial charge in [-0.15, -0.1) is 0 Å². The number of phenolic OH excluding ortho intramolecular Hbond substituents is 1. The summed E-state index contributed by atoms with van der Waals surface area (Å²) < 4.78 is 0.718. The topological polar surface area (TPSA) is 78.4 Å². The highest BCUT2D eigenvalue weighted by Gasteiger charge is 2.09. The molecule has 2 amide bonds. The van der Waals surface area contributed by atoms with Crippen LogP contribution in [0.3, 0.4) is 0 Å². The van der Waals surface area contributed by atoms with Crippen LogP contribution in [0.2, 0.25) is 0 Å². The highest BCUT2D eigenvalue weighted by Crippen LogP contribution is 2.26. The smallest absolute Gasteiger partial charge is 0.251 e. The van der Waals surface area contributed by atoms with Crippen LogP contribution in [-0.2, 0) is 4.79 Å². The molecule has 0 atom stereocenters. The molecule has 3 N–H and O–H groups in total. The molecule has 0 aliphatic heterocycles. The molecule has 0 saturated heterocycles. The van der Waals surface area contributed by atoms with Gasteiger partial charge in [0.15, 0.2) is 0 Å². The quantitative estimate of drug-likeness (QED) is 0.552. The number of hydrogen-bond donors (Lipinski definition) is 3. The Balaban J connectivity index is 1.53. The molecule has 0 aliphatic carbocycles. The zero-order valence-corrected chi connectivity index (χ0v) is 15.4. The van der Waals surface area contributed by atoms with E-state index < -0.39 is 0 Å².